The Morgan fingerprint density at radius 3 is 2.72 bits per heavy atom. The highest BCUT2D eigenvalue weighted by Crippen LogP contribution is 2.31. The third-order valence-electron chi connectivity index (χ3n) is 2.34. The van der Waals surface area contributed by atoms with Crippen LogP contribution in [0.2, 0.25) is 5.15 Å². The minimum atomic E-state index is -0.711. The monoisotopic (exact) mass is 272 g/mol. The van der Waals surface area contributed by atoms with Crippen LogP contribution in [0.3, 0.4) is 0 Å². The minimum Gasteiger partial charge on any atom is -0.461 e. The Balaban J connectivity index is 2.44. The molecule has 7 heteroatoms. The fourth-order valence-corrected chi connectivity index (χ4v) is 1.94. The molecule has 18 heavy (non-hydrogen) atoms. The molecule has 6 nitrogen and oxygen atoms in total. The number of hydrogen-bond donors (Lipinski definition) is 0. The van der Waals surface area contributed by atoms with E-state index in [2.05, 4.69) is 9.97 Å². The molecule has 0 unspecified atom stereocenters. The summed E-state index contributed by atoms with van der Waals surface area (Å²) >= 11 is 6.04. The van der Waals surface area contributed by atoms with E-state index in [-0.39, 0.29) is 17.5 Å². The van der Waals surface area contributed by atoms with Crippen molar-refractivity contribution in [2.45, 2.75) is 20.1 Å². The van der Waals surface area contributed by atoms with Crippen LogP contribution < -0.4 is 0 Å². The minimum absolute atomic E-state index is 0.0984. The number of carbonyl (C=O) groups is 1. The summed E-state index contributed by atoms with van der Waals surface area (Å²) in [7, 11) is 0. The summed E-state index contributed by atoms with van der Waals surface area (Å²) in [5.41, 5.74) is 0.430. The fourth-order valence-electron chi connectivity index (χ4n) is 1.64. The third-order valence-corrected chi connectivity index (χ3v) is 2.63. The van der Waals surface area contributed by atoms with Gasteiger partial charge in [0.2, 0.25) is 0 Å². The molecule has 0 N–H and O–H groups in total. The molecule has 0 radical (unpaired) electrons. The van der Waals surface area contributed by atoms with E-state index >= 15 is 0 Å². The van der Waals surface area contributed by atoms with Crippen molar-refractivity contribution < 1.29 is 19.0 Å². The van der Waals surface area contributed by atoms with E-state index < -0.39 is 12.3 Å². The summed E-state index contributed by atoms with van der Waals surface area (Å²) in [6.45, 7) is 4.50. The maximum Gasteiger partial charge on any atom is 0.357 e. The lowest BCUT2D eigenvalue weighted by atomic mass is 10.2. The van der Waals surface area contributed by atoms with Crippen LogP contribution in [0.5, 0.6) is 0 Å². The molecule has 1 saturated heterocycles. The SMILES string of the molecule is CCOC(=O)c1nc(C)nc(Cl)c1C1OCCO1. The van der Waals surface area contributed by atoms with Crippen molar-refractivity contribution in [1.82, 2.24) is 9.97 Å². The molecule has 1 fully saturated rings. The van der Waals surface area contributed by atoms with Crippen LogP contribution in [0, 0.1) is 6.92 Å². The summed E-state index contributed by atoms with van der Waals surface area (Å²) < 4.78 is 15.6. The van der Waals surface area contributed by atoms with Crippen molar-refractivity contribution in [2.24, 2.45) is 0 Å². The van der Waals surface area contributed by atoms with E-state index in [0.717, 1.165) is 0 Å². The first-order chi connectivity index (χ1) is 8.63. The van der Waals surface area contributed by atoms with E-state index in [1.807, 2.05) is 0 Å². The standard InChI is InChI=1S/C11H13ClN2O4/c1-3-16-10(15)8-7(11-17-4-5-18-11)9(12)14-6(2)13-8/h11H,3-5H2,1-2H3. The number of esters is 1. The van der Waals surface area contributed by atoms with Gasteiger partial charge in [-0.1, -0.05) is 11.6 Å². The smallest absolute Gasteiger partial charge is 0.357 e. The summed E-state index contributed by atoms with van der Waals surface area (Å²) in [4.78, 5) is 19.9. The zero-order chi connectivity index (χ0) is 13.1. The average molecular weight is 273 g/mol. The molecule has 0 atom stereocenters. The Morgan fingerprint density at radius 2 is 2.11 bits per heavy atom. The van der Waals surface area contributed by atoms with Gasteiger partial charge in [-0.2, -0.15) is 0 Å². The Bertz CT molecular complexity index is 461. The van der Waals surface area contributed by atoms with Crippen LogP contribution in [0.4, 0.5) is 0 Å². The first-order valence-corrected chi connectivity index (χ1v) is 5.95. The lowest BCUT2D eigenvalue weighted by molar-refractivity contribution is -0.0454. The molecule has 0 bridgehead atoms. The van der Waals surface area contributed by atoms with E-state index in [1.54, 1.807) is 13.8 Å². The number of aryl methyl sites for hydroxylation is 1. The lowest BCUT2D eigenvalue weighted by Gasteiger charge is -2.14. The first kappa shape index (κ1) is 13.2. The predicted molar refractivity (Wildman–Crippen MR) is 62.4 cm³/mol. The Labute approximate surface area is 109 Å². The van der Waals surface area contributed by atoms with Crippen LogP contribution in [0.15, 0.2) is 0 Å². The molecule has 0 aliphatic carbocycles. The number of rotatable bonds is 3. The van der Waals surface area contributed by atoms with Crippen LogP contribution in [0.1, 0.15) is 35.1 Å². The summed E-state index contributed by atoms with van der Waals surface area (Å²) in [6, 6.07) is 0. The van der Waals surface area contributed by atoms with Gasteiger partial charge in [0.05, 0.1) is 25.4 Å². The fraction of sp³-hybridized carbons (Fsp3) is 0.545. The van der Waals surface area contributed by atoms with Crippen LogP contribution in [-0.4, -0.2) is 35.8 Å². The zero-order valence-corrected chi connectivity index (χ0v) is 10.9. The van der Waals surface area contributed by atoms with Gasteiger partial charge in [-0.3, -0.25) is 0 Å². The second kappa shape index (κ2) is 5.60. The van der Waals surface area contributed by atoms with Crippen LogP contribution in [-0.2, 0) is 14.2 Å². The van der Waals surface area contributed by atoms with E-state index in [1.165, 1.54) is 0 Å². The zero-order valence-electron chi connectivity index (χ0n) is 10.1. The molecule has 1 aromatic rings. The lowest BCUT2D eigenvalue weighted by Crippen LogP contribution is -2.16. The Kier molecular flexibility index (Phi) is 4.11. The highest BCUT2D eigenvalue weighted by atomic mass is 35.5. The largest absolute Gasteiger partial charge is 0.461 e. The molecule has 0 saturated carbocycles. The van der Waals surface area contributed by atoms with Crippen molar-refractivity contribution in [3.63, 3.8) is 0 Å². The van der Waals surface area contributed by atoms with Gasteiger partial charge in [0.15, 0.2) is 12.0 Å². The van der Waals surface area contributed by atoms with Crippen molar-refractivity contribution in [3.05, 3.63) is 22.2 Å². The van der Waals surface area contributed by atoms with E-state index in [0.29, 0.717) is 24.6 Å². The molecule has 1 aliphatic rings. The number of nitrogens with zero attached hydrogens (tertiary/aromatic N) is 2. The van der Waals surface area contributed by atoms with Gasteiger partial charge in [0, 0.05) is 0 Å². The number of hydrogen-bond acceptors (Lipinski definition) is 6. The molecule has 1 aliphatic heterocycles. The molecule has 0 amide bonds. The Morgan fingerprint density at radius 1 is 1.44 bits per heavy atom. The highest BCUT2D eigenvalue weighted by Gasteiger charge is 2.30. The van der Waals surface area contributed by atoms with Gasteiger partial charge in [-0.05, 0) is 13.8 Å². The molecule has 98 valence electrons. The molecule has 2 rings (SSSR count). The molecule has 1 aromatic heterocycles. The van der Waals surface area contributed by atoms with Crippen molar-refractivity contribution in [3.8, 4) is 0 Å². The highest BCUT2D eigenvalue weighted by molar-refractivity contribution is 6.30. The predicted octanol–water partition coefficient (Wildman–Crippen LogP) is 1.66. The Hall–Kier alpha value is -1.24. The van der Waals surface area contributed by atoms with Gasteiger partial charge >= 0.3 is 5.97 Å². The maximum absolute atomic E-state index is 11.8. The molecule has 0 aromatic carbocycles. The van der Waals surface area contributed by atoms with Crippen molar-refractivity contribution in [1.29, 1.82) is 0 Å². The molecule has 2 heterocycles. The molecular formula is C11H13ClN2O4. The second-order valence-electron chi connectivity index (χ2n) is 3.62. The number of ether oxygens (including phenoxy) is 3. The van der Waals surface area contributed by atoms with Gasteiger partial charge < -0.3 is 14.2 Å². The van der Waals surface area contributed by atoms with Gasteiger partial charge in [0.25, 0.3) is 0 Å². The first-order valence-electron chi connectivity index (χ1n) is 5.57. The van der Waals surface area contributed by atoms with Crippen molar-refractivity contribution in [2.75, 3.05) is 19.8 Å². The second-order valence-corrected chi connectivity index (χ2v) is 3.98. The van der Waals surface area contributed by atoms with Gasteiger partial charge in [0.1, 0.15) is 11.0 Å². The van der Waals surface area contributed by atoms with Crippen LogP contribution >= 0.6 is 11.6 Å². The number of carbonyl (C=O) groups excluding carboxylic acids is 1. The van der Waals surface area contributed by atoms with E-state index in [4.69, 9.17) is 25.8 Å². The summed E-state index contributed by atoms with van der Waals surface area (Å²) in [5, 5.41) is 0.150. The van der Waals surface area contributed by atoms with Crippen molar-refractivity contribution >= 4 is 17.6 Å². The molecular weight excluding hydrogens is 260 g/mol. The summed E-state index contributed by atoms with van der Waals surface area (Å²) in [5.74, 6) is -0.163. The summed E-state index contributed by atoms with van der Waals surface area (Å²) in [6.07, 6.45) is -0.711. The van der Waals surface area contributed by atoms with Gasteiger partial charge in [-0.15, -0.1) is 0 Å². The topological polar surface area (TPSA) is 70.5 Å². The quantitative estimate of drug-likeness (QED) is 0.616. The number of halogens is 1. The average Bonchev–Trinajstić information content (AvgIpc) is 2.81. The van der Waals surface area contributed by atoms with Gasteiger partial charge in [-0.25, -0.2) is 14.8 Å². The third kappa shape index (κ3) is 2.60. The maximum atomic E-state index is 11.8. The van der Waals surface area contributed by atoms with Crippen LogP contribution in [0.25, 0.3) is 0 Å². The number of aromatic nitrogens is 2. The normalized spacial score (nSPS) is 15.9. The molecule has 0 spiro atoms. The van der Waals surface area contributed by atoms with E-state index in [9.17, 15) is 4.79 Å².